The molecule has 0 bridgehead atoms. The van der Waals surface area contributed by atoms with Crippen LogP contribution in [0.1, 0.15) is 44.1 Å². The quantitative estimate of drug-likeness (QED) is 0.498. The number of amides is 1. The molecule has 1 amide bonds. The molecule has 39 heavy (non-hydrogen) atoms. The highest BCUT2D eigenvalue weighted by molar-refractivity contribution is 7.89. The van der Waals surface area contributed by atoms with E-state index in [0.29, 0.717) is 30.2 Å². The van der Waals surface area contributed by atoms with Crippen molar-refractivity contribution in [1.29, 1.82) is 0 Å². The average Bonchev–Trinajstić information content (AvgIpc) is 3.51. The largest absolute Gasteiger partial charge is 0.489 e. The van der Waals surface area contributed by atoms with Gasteiger partial charge in [0.2, 0.25) is 10.0 Å². The summed E-state index contributed by atoms with van der Waals surface area (Å²) in [5.41, 5.74) is 0.760. The number of ether oxygens (including phenoxy) is 3. The zero-order valence-electron chi connectivity index (χ0n) is 21.4. The van der Waals surface area contributed by atoms with Crippen LogP contribution < -0.4 is 9.64 Å². The molecule has 1 spiro atoms. The van der Waals surface area contributed by atoms with Crippen LogP contribution in [-0.2, 0) is 30.1 Å². The Morgan fingerprint density at radius 1 is 1.05 bits per heavy atom. The molecule has 0 unspecified atom stereocenters. The predicted octanol–water partition coefficient (Wildman–Crippen LogP) is 3.94. The lowest BCUT2D eigenvalue weighted by atomic mass is 10.1. The smallest absolute Gasteiger partial charge is 0.293 e. The van der Waals surface area contributed by atoms with Crippen molar-refractivity contribution in [2.75, 3.05) is 37.8 Å². The van der Waals surface area contributed by atoms with E-state index in [9.17, 15) is 22.0 Å². The molecule has 0 radical (unpaired) electrons. The second kappa shape index (κ2) is 11.2. The van der Waals surface area contributed by atoms with Crippen molar-refractivity contribution in [2.45, 2.75) is 55.2 Å². The minimum Gasteiger partial charge on any atom is -0.489 e. The summed E-state index contributed by atoms with van der Waals surface area (Å²) in [5, 5.41) is 0. The van der Waals surface area contributed by atoms with Gasteiger partial charge in [0.05, 0.1) is 36.4 Å². The minimum atomic E-state index is -4.04. The van der Waals surface area contributed by atoms with Gasteiger partial charge in [0.15, 0.2) is 11.6 Å². The fraction of sp³-hybridized carbons (Fsp3) is 0.464. The van der Waals surface area contributed by atoms with E-state index in [1.165, 1.54) is 27.4 Å². The first-order valence-corrected chi connectivity index (χ1v) is 14.5. The molecule has 2 fully saturated rings. The molecule has 0 N–H and O–H groups in total. The average molecular weight is 561 g/mol. The van der Waals surface area contributed by atoms with E-state index < -0.39 is 39.4 Å². The number of carbonyl (C=O) groups excluding carboxylic acids is 1. The summed E-state index contributed by atoms with van der Waals surface area (Å²) in [6.07, 6.45) is 9.98. The van der Waals surface area contributed by atoms with E-state index >= 15 is 0 Å². The maximum Gasteiger partial charge on any atom is 0.293 e. The van der Waals surface area contributed by atoms with Crippen molar-refractivity contribution in [3.63, 3.8) is 0 Å². The molecule has 2 aromatic rings. The van der Waals surface area contributed by atoms with Crippen LogP contribution in [0.15, 0.2) is 41.3 Å². The number of rotatable bonds is 6. The molecule has 208 valence electrons. The van der Waals surface area contributed by atoms with E-state index in [4.69, 9.17) is 20.6 Å². The van der Waals surface area contributed by atoms with Crippen LogP contribution in [0.2, 0.25) is 0 Å². The maximum absolute atomic E-state index is 14.1. The van der Waals surface area contributed by atoms with Crippen LogP contribution in [0.3, 0.4) is 0 Å². The Morgan fingerprint density at radius 3 is 2.49 bits per heavy atom. The zero-order valence-corrected chi connectivity index (χ0v) is 22.2. The van der Waals surface area contributed by atoms with Crippen LogP contribution in [0, 0.1) is 24.0 Å². The molecule has 1 atom stereocenters. The molecule has 0 aromatic heterocycles. The van der Waals surface area contributed by atoms with Gasteiger partial charge in [0.1, 0.15) is 12.4 Å². The third-order valence-corrected chi connectivity index (χ3v) is 9.24. The molecule has 11 heteroatoms. The van der Waals surface area contributed by atoms with E-state index in [0.717, 1.165) is 31.7 Å². The number of benzene rings is 2. The number of anilines is 1. The number of carbonyl (C=O) groups is 1. The fourth-order valence-corrected chi connectivity index (χ4v) is 7.05. The minimum absolute atomic E-state index is 0.0160. The zero-order chi connectivity index (χ0) is 27.6. The summed E-state index contributed by atoms with van der Waals surface area (Å²) in [5.74, 6) is -1.50. The Bertz CT molecular complexity index is 1380. The van der Waals surface area contributed by atoms with Gasteiger partial charge in [-0.25, -0.2) is 17.2 Å². The third kappa shape index (κ3) is 5.14. The van der Waals surface area contributed by atoms with Crippen molar-refractivity contribution in [1.82, 2.24) is 4.31 Å². The number of nitrogens with zero attached hydrogens (tertiary/aromatic N) is 2. The maximum atomic E-state index is 14.1. The summed E-state index contributed by atoms with van der Waals surface area (Å²) >= 11 is 0. The van der Waals surface area contributed by atoms with Gasteiger partial charge >= 0.3 is 0 Å². The normalized spacial score (nSPS) is 21.7. The first-order chi connectivity index (χ1) is 18.8. The van der Waals surface area contributed by atoms with Gasteiger partial charge in [0.25, 0.3) is 11.7 Å². The van der Waals surface area contributed by atoms with Crippen molar-refractivity contribution in [2.24, 2.45) is 0 Å². The monoisotopic (exact) mass is 560 g/mol. The van der Waals surface area contributed by atoms with Gasteiger partial charge in [0, 0.05) is 18.2 Å². The Labute approximate surface area is 226 Å². The Morgan fingerprint density at radius 2 is 1.79 bits per heavy atom. The lowest BCUT2D eigenvalue weighted by Crippen LogP contribution is -2.45. The van der Waals surface area contributed by atoms with Crippen LogP contribution in [0.25, 0.3) is 0 Å². The topological polar surface area (TPSA) is 85.4 Å². The molecule has 3 heterocycles. The van der Waals surface area contributed by atoms with Crippen molar-refractivity contribution >= 4 is 21.6 Å². The van der Waals surface area contributed by atoms with E-state index in [1.807, 2.05) is 0 Å². The molecule has 3 aliphatic rings. The second-order valence-electron chi connectivity index (χ2n) is 9.80. The van der Waals surface area contributed by atoms with Gasteiger partial charge in [-0.3, -0.25) is 9.69 Å². The van der Waals surface area contributed by atoms with E-state index in [2.05, 4.69) is 5.92 Å². The second-order valence-corrected chi connectivity index (χ2v) is 11.7. The summed E-state index contributed by atoms with van der Waals surface area (Å²) in [4.78, 5) is 15.0. The van der Waals surface area contributed by atoms with Crippen LogP contribution in [0.5, 0.6) is 5.75 Å². The molecule has 0 saturated carbocycles. The van der Waals surface area contributed by atoms with Crippen LogP contribution in [-0.4, -0.2) is 57.6 Å². The number of hydrogen-bond donors (Lipinski definition) is 0. The van der Waals surface area contributed by atoms with Crippen molar-refractivity contribution in [3.8, 4) is 18.1 Å². The van der Waals surface area contributed by atoms with Crippen LogP contribution in [0.4, 0.5) is 14.5 Å². The molecule has 0 aliphatic carbocycles. The highest BCUT2D eigenvalue weighted by Crippen LogP contribution is 2.45. The standard InChI is InChI=1S/C28H30F2N2O6S/c1-2-13-31-25-11-10-22(18-23(25)28(27(31)33)37-15-5-3-4-6-16-38-28)39(34,35)32-14-7-8-21(32)19-36-26-12-9-20(29)17-24(26)30/h1,9-12,17-18,21H,3-8,13-16,19H2/t21-/m0/s1. The summed E-state index contributed by atoms with van der Waals surface area (Å²) in [6.45, 7) is 0.684. The lowest BCUT2D eigenvalue weighted by molar-refractivity contribution is -0.231. The lowest BCUT2D eigenvalue weighted by Gasteiger charge is -2.29. The van der Waals surface area contributed by atoms with Gasteiger partial charge in [-0.2, -0.15) is 4.31 Å². The predicted molar refractivity (Wildman–Crippen MR) is 138 cm³/mol. The SMILES string of the molecule is C#CCN1C(=O)C2(OCCCCCCO2)c2cc(S(=O)(=O)N3CCC[C@H]3COc3ccc(F)cc3F)ccc21. The van der Waals surface area contributed by atoms with Crippen molar-refractivity contribution in [3.05, 3.63) is 53.6 Å². The number of fused-ring (bicyclic) bond motifs is 2. The molecular weight excluding hydrogens is 530 g/mol. The molecule has 2 aromatic carbocycles. The Balaban J connectivity index is 1.45. The van der Waals surface area contributed by atoms with Gasteiger partial charge < -0.3 is 14.2 Å². The first-order valence-electron chi connectivity index (χ1n) is 13.1. The highest BCUT2D eigenvalue weighted by atomic mass is 32.2. The van der Waals surface area contributed by atoms with Gasteiger partial charge in [-0.15, -0.1) is 6.42 Å². The van der Waals surface area contributed by atoms with E-state index in [-0.39, 0.29) is 43.6 Å². The molecule has 5 rings (SSSR count). The first kappa shape index (κ1) is 27.5. The Hall–Kier alpha value is -3.04. The fourth-order valence-electron chi connectivity index (χ4n) is 5.34. The van der Waals surface area contributed by atoms with Crippen LogP contribution >= 0.6 is 0 Å². The Kier molecular flexibility index (Phi) is 7.91. The number of halogens is 2. The molecular formula is C28H30F2N2O6S. The molecule has 8 nitrogen and oxygen atoms in total. The molecule has 3 aliphatic heterocycles. The third-order valence-electron chi connectivity index (χ3n) is 7.29. The molecule has 2 saturated heterocycles. The summed E-state index contributed by atoms with van der Waals surface area (Å²) < 4.78 is 74.0. The number of sulfonamides is 1. The van der Waals surface area contributed by atoms with Gasteiger partial charge in [-0.05, 0) is 56.0 Å². The van der Waals surface area contributed by atoms with E-state index in [1.54, 1.807) is 6.07 Å². The number of hydrogen-bond acceptors (Lipinski definition) is 6. The van der Waals surface area contributed by atoms with Gasteiger partial charge in [-0.1, -0.05) is 18.8 Å². The summed E-state index contributed by atoms with van der Waals surface area (Å²) in [6, 6.07) is 6.84. The highest BCUT2D eigenvalue weighted by Gasteiger charge is 2.54. The number of terminal acetylenes is 1. The van der Waals surface area contributed by atoms with Crippen molar-refractivity contribution < 1.29 is 36.2 Å². The summed E-state index contributed by atoms with van der Waals surface area (Å²) in [7, 11) is -4.04.